The first-order chi connectivity index (χ1) is 10.9. The van der Waals surface area contributed by atoms with Gasteiger partial charge in [-0.2, -0.15) is 0 Å². The molecule has 7 heteroatoms. The number of rotatable bonds is 7. The van der Waals surface area contributed by atoms with Gasteiger partial charge in [-0.25, -0.2) is 13.1 Å². The fourth-order valence-electron chi connectivity index (χ4n) is 2.95. The van der Waals surface area contributed by atoms with Gasteiger partial charge in [0.1, 0.15) is 0 Å². The maximum atomic E-state index is 12.2. The summed E-state index contributed by atoms with van der Waals surface area (Å²) in [4.78, 5) is 4.83. The second-order valence-corrected chi connectivity index (χ2v) is 7.97. The zero-order valence-electron chi connectivity index (χ0n) is 13.9. The van der Waals surface area contributed by atoms with E-state index in [1.807, 2.05) is 0 Å². The van der Waals surface area contributed by atoms with Gasteiger partial charge >= 0.3 is 0 Å². The summed E-state index contributed by atoms with van der Waals surface area (Å²) in [5.74, 6) is 0. The highest BCUT2D eigenvalue weighted by Gasteiger charge is 2.24. The molecule has 2 N–H and O–H groups in total. The summed E-state index contributed by atoms with van der Waals surface area (Å²) >= 11 is 0. The summed E-state index contributed by atoms with van der Waals surface area (Å²) in [5, 5.41) is 9.46. The first kappa shape index (κ1) is 18.4. The Bertz CT molecular complexity index is 577. The summed E-state index contributed by atoms with van der Waals surface area (Å²) < 4.78 is 27.0. The Morgan fingerprint density at radius 1 is 1.30 bits per heavy atom. The second kappa shape index (κ2) is 8.21. The highest BCUT2D eigenvalue weighted by molar-refractivity contribution is 7.89. The number of nitrogens with one attached hydrogen (secondary N) is 1. The van der Waals surface area contributed by atoms with E-state index < -0.39 is 10.0 Å². The van der Waals surface area contributed by atoms with Gasteiger partial charge in [0, 0.05) is 45.3 Å². The highest BCUT2D eigenvalue weighted by atomic mass is 32.2. The molecular weight excluding hydrogens is 314 g/mol. The number of aliphatic hydroxyl groups excluding tert-OH is 1. The number of benzene rings is 1. The number of hydrogen-bond acceptors (Lipinski definition) is 5. The minimum atomic E-state index is -3.43. The van der Waals surface area contributed by atoms with Crippen molar-refractivity contribution in [3.05, 3.63) is 30.3 Å². The van der Waals surface area contributed by atoms with Crippen LogP contribution in [-0.4, -0.2) is 74.7 Å². The van der Waals surface area contributed by atoms with Gasteiger partial charge in [-0.05, 0) is 26.0 Å². The molecule has 130 valence electrons. The third-order valence-electron chi connectivity index (χ3n) is 4.12. The van der Waals surface area contributed by atoms with Gasteiger partial charge in [-0.15, -0.1) is 0 Å². The number of hydrogen-bond donors (Lipinski definition) is 2. The molecule has 1 fully saturated rings. The van der Waals surface area contributed by atoms with Crippen molar-refractivity contribution >= 4 is 10.0 Å². The lowest BCUT2D eigenvalue weighted by molar-refractivity contribution is 0.0522. The molecule has 0 aliphatic carbocycles. The van der Waals surface area contributed by atoms with Crippen molar-refractivity contribution in [3.8, 4) is 0 Å². The van der Waals surface area contributed by atoms with Crippen molar-refractivity contribution in [2.75, 3.05) is 39.3 Å². The van der Waals surface area contributed by atoms with E-state index in [9.17, 15) is 13.5 Å². The van der Waals surface area contributed by atoms with Crippen LogP contribution in [0.3, 0.4) is 0 Å². The molecule has 0 amide bonds. The molecule has 2 atom stereocenters. The van der Waals surface area contributed by atoms with Crippen molar-refractivity contribution in [2.24, 2.45) is 0 Å². The summed E-state index contributed by atoms with van der Waals surface area (Å²) in [6, 6.07) is 8.78. The molecule has 1 aliphatic heterocycles. The third-order valence-corrected chi connectivity index (χ3v) is 5.59. The maximum Gasteiger partial charge on any atom is 0.240 e. The molecule has 23 heavy (non-hydrogen) atoms. The minimum Gasteiger partial charge on any atom is -0.392 e. The SMILES string of the molecule is C[C@@H](O)CN1CCN(CCNS(=O)(=O)c2ccccc2)[C@@H](C)C1. The van der Waals surface area contributed by atoms with Crippen LogP contribution in [0.1, 0.15) is 13.8 Å². The molecule has 6 nitrogen and oxygen atoms in total. The van der Waals surface area contributed by atoms with Gasteiger partial charge in [-0.1, -0.05) is 18.2 Å². The van der Waals surface area contributed by atoms with E-state index in [0.29, 0.717) is 30.6 Å². The zero-order chi connectivity index (χ0) is 16.9. The smallest absolute Gasteiger partial charge is 0.240 e. The van der Waals surface area contributed by atoms with E-state index in [4.69, 9.17) is 0 Å². The Hall–Kier alpha value is -0.990. The molecule has 0 aromatic heterocycles. The summed E-state index contributed by atoms with van der Waals surface area (Å²) in [6.07, 6.45) is -0.313. The molecule has 1 aliphatic rings. The second-order valence-electron chi connectivity index (χ2n) is 6.20. The molecule has 0 bridgehead atoms. The van der Waals surface area contributed by atoms with Crippen LogP contribution in [0.25, 0.3) is 0 Å². The van der Waals surface area contributed by atoms with Crippen LogP contribution in [0.5, 0.6) is 0 Å². The molecule has 2 rings (SSSR count). The minimum absolute atomic E-state index is 0.301. The predicted molar refractivity (Wildman–Crippen MR) is 90.8 cm³/mol. The lowest BCUT2D eigenvalue weighted by atomic mass is 10.2. The molecule has 1 aromatic carbocycles. The number of β-amino-alcohol motifs (C(OH)–C–C–N with tert-alkyl or cyclic N) is 1. The first-order valence-electron chi connectivity index (χ1n) is 8.07. The molecule has 0 saturated carbocycles. The number of piperazine rings is 1. The van der Waals surface area contributed by atoms with Crippen LogP contribution in [0.4, 0.5) is 0 Å². The average Bonchev–Trinajstić information content (AvgIpc) is 2.50. The Kier molecular flexibility index (Phi) is 6.55. The van der Waals surface area contributed by atoms with E-state index in [-0.39, 0.29) is 6.10 Å². The van der Waals surface area contributed by atoms with Crippen LogP contribution in [0.2, 0.25) is 0 Å². The van der Waals surface area contributed by atoms with Crippen molar-refractivity contribution < 1.29 is 13.5 Å². The van der Waals surface area contributed by atoms with E-state index in [1.54, 1.807) is 37.3 Å². The fourth-order valence-corrected chi connectivity index (χ4v) is 3.99. The van der Waals surface area contributed by atoms with Gasteiger partial charge in [0.15, 0.2) is 0 Å². The number of nitrogens with zero attached hydrogens (tertiary/aromatic N) is 2. The van der Waals surface area contributed by atoms with E-state index >= 15 is 0 Å². The normalized spacial score (nSPS) is 22.1. The Morgan fingerprint density at radius 3 is 2.61 bits per heavy atom. The van der Waals surface area contributed by atoms with Gasteiger partial charge in [0.05, 0.1) is 11.0 Å². The monoisotopic (exact) mass is 341 g/mol. The van der Waals surface area contributed by atoms with Gasteiger partial charge in [-0.3, -0.25) is 9.80 Å². The van der Waals surface area contributed by atoms with Crippen LogP contribution >= 0.6 is 0 Å². The summed E-state index contributed by atoms with van der Waals surface area (Å²) in [7, 11) is -3.43. The van der Waals surface area contributed by atoms with Crippen LogP contribution in [-0.2, 0) is 10.0 Å². The molecule has 0 radical (unpaired) electrons. The topological polar surface area (TPSA) is 72.9 Å². The molecule has 1 heterocycles. The van der Waals surface area contributed by atoms with Crippen LogP contribution in [0.15, 0.2) is 35.2 Å². The fraction of sp³-hybridized carbons (Fsp3) is 0.625. The van der Waals surface area contributed by atoms with Gasteiger partial charge < -0.3 is 5.11 Å². The molecule has 1 aromatic rings. The lowest BCUT2D eigenvalue weighted by Crippen LogP contribution is -2.54. The van der Waals surface area contributed by atoms with Gasteiger partial charge in [0.2, 0.25) is 10.0 Å². The first-order valence-corrected chi connectivity index (χ1v) is 9.56. The van der Waals surface area contributed by atoms with E-state index in [1.165, 1.54) is 0 Å². The van der Waals surface area contributed by atoms with Crippen molar-refractivity contribution in [2.45, 2.75) is 30.9 Å². The molecule has 0 spiro atoms. The van der Waals surface area contributed by atoms with Crippen LogP contribution in [0, 0.1) is 0 Å². The summed E-state index contributed by atoms with van der Waals surface area (Å²) in [5.41, 5.74) is 0. The average molecular weight is 341 g/mol. The van der Waals surface area contributed by atoms with Gasteiger partial charge in [0.25, 0.3) is 0 Å². The Balaban J connectivity index is 1.79. The van der Waals surface area contributed by atoms with Crippen molar-refractivity contribution in [1.29, 1.82) is 0 Å². The molecular formula is C16H27N3O3S. The third kappa shape index (κ3) is 5.54. The number of sulfonamides is 1. The lowest BCUT2D eigenvalue weighted by Gasteiger charge is -2.40. The Labute approximate surface area is 139 Å². The largest absolute Gasteiger partial charge is 0.392 e. The Morgan fingerprint density at radius 2 is 2.00 bits per heavy atom. The predicted octanol–water partition coefficient (Wildman–Crippen LogP) is 0.352. The van der Waals surface area contributed by atoms with E-state index in [2.05, 4.69) is 21.4 Å². The standard InChI is InChI=1S/C16H27N3O3S/c1-14-12-18(13-15(2)20)10-11-19(14)9-8-17-23(21,22)16-6-4-3-5-7-16/h3-7,14-15,17,20H,8-13H2,1-2H3/t14-,15+/m0/s1. The van der Waals surface area contributed by atoms with Crippen molar-refractivity contribution in [3.63, 3.8) is 0 Å². The molecule has 0 unspecified atom stereocenters. The van der Waals surface area contributed by atoms with Crippen LogP contribution < -0.4 is 4.72 Å². The maximum absolute atomic E-state index is 12.2. The molecule has 1 saturated heterocycles. The number of aliphatic hydroxyl groups is 1. The quantitative estimate of drug-likeness (QED) is 0.749. The zero-order valence-corrected chi connectivity index (χ0v) is 14.7. The van der Waals surface area contributed by atoms with E-state index in [0.717, 1.165) is 19.6 Å². The highest BCUT2D eigenvalue weighted by Crippen LogP contribution is 2.10. The summed E-state index contributed by atoms with van der Waals surface area (Å²) in [6.45, 7) is 8.42. The van der Waals surface area contributed by atoms with Crippen molar-refractivity contribution in [1.82, 2.24) is 14.5 Å².